The Morgan fingerprint density at radius 3 is 2.47 bits per heavy atom. The summed E-state index contributed by atoms with van der Waals surface area (Å²) in [7, 11) is -2.18. The molecule has 3 N–H and O–H groups in total. The highest BCUT2D eigenvalue weighted by molar-refractivity contribution is 7.89. The summed E-state index contributed by atoms with van der Waals surface area (Å²) in [5.74, 6) is -0.291. The average Bonchev–Trinajstić information content (AvgIpc) is 3.15. The highest BCUT2D eigenvalue weighted by atomic mass is 32.2. The van der Waals surface area contributed by atoms with Gasteiger partial charge in [-0.1, -0.05) is 18.2 Å². The topological polar surface area (TPSA) is 124 Å². The van der Waals surface area contributed by atoms with Crippen molar-refractivity contribution in [1.82, 2.24) is 14.2 Å². The maximum absolute atomic E-state index is 12.8. The van der Waals surface area contributed by atoms with Gasteiger partial charge in [-0.2, -0.15) is 4.31 Å². The second-order valence-corrected chi connectivity index (χ2v) is 9.11. The molecule has 30 heavy (non-hydrogen) atoms. The fraction of sp³-hybridized carbons (Fsp3) is 0.400. The molecule has 10 heteroatoms. The highest BCUT2D eigenvalue weighted by Crippen LogP contribution is 2.25. The third-order valence-electron chi connectivity index (χ3n) is 5.11. The number of carbonyl (C=O) groups excluding carboxylic acids is 2. The van der Waals surface area contributed by atoms with Crippen molar-refractivity contribution in [2.75, 3.05) is 26.2 Å². The number of aryl methyl sites for hydroxylation is 1. The lowest BCUT2D eigenvalue weighted by Crippen LogP contribution is -2.43. The smallest absolute Gasteiger partial charge is 0.265 e. The second kappa shape index (κ2) is 9.31. The van der Waals surface area contributed by atoms with Crippen molar-refractivity contribution in [3.63, 3.8) is 0 Å². The summed E-state index contributed by atoms with van der Waals surface area (Å²) in [6.45, 7) is 1.22. The van der Waals surface area contributed by atoms with E-state index in [-0.39, 0.29) is 35.5 Å². The number of hydrogen-bond acceptors (Lipinski definition) is 5. The molecule has 9 nitrogen and oxygen atoms in total. The number of carbonyl (C=O) groups is 2. The number of rotatable bonds is 8. The standard InChI is InChI=1S/C20H26N4O5S/c1-23-14-17(13-18(23)19(21)25)30(27,28)24-10-7-15(8-11-24)20(26)22-9-12-29-16-5-3-2-4-6-16/h2-6,13-15H,7-12H2,1H3,(H2,21,25)(H,22,26). The number of ether oxygens (including phenoxy) is 1. The summed E-state index contributed by atoms with van der Waals surface area (Å²) in [6, 6.07) is 10.6. The number of para-hydroxylation sites is 1. The lowest BCUT2D eigenvalue weighted by atomic mass is 9.97. The first-order chi connectivity index (χ1) is 14.3. The quantitative estimate of drug-likeness (QED) is 0.593. The summed E-state index contributed by atoms with van der Waals surface area (Å²) in [6.07, 6.45) is 2.24. The number of primary amides is 1. The first kappa shape index (κ1) is 21.8. The van der Waals surface area contributed by atoms with Gasteiger partial charge in [0.05, 0.1) is 6.54 Å². The number of piperidine rings is 1. The number of nitrogens with zero attached hydrogens (tertiary/aromatic N) is 2. The van der Waals surface area contributed by atoms with Crippen LogP contribution < -0.4 is 15.8 Å². The lowest BCUT2D eigenvalue weighted by Gasteiger charge is -2.30. The summed E-state index contributed by atoms with van der Waals surface area (Å²) in [5.41, 5.74) is 5.39. The van der Waals surface area contributed by atoms with Crippen LogP contribution in [0.25, 0.3) is 0 Å². The summed E-state index contributed by atoms with van der Waals surface area (Å²) in [4.78, 5) is 23.8. The van der Waals surface area contributed by atoms with Gasteiger partial charge >= 0.3 is 0 Å². The maximum Gasteiger partial charge on any atom is 0.265 e. The highest BCUT2D eigenvalue weighted by Gasteiger charge is 2.33. The minimum atomic E-state index is -3.74. The third kappa shape index (κ3) is 5.00. The van der Waals surface area contributed by atoms with Crippen molar-refractivity contribution in [1.29, 1.82) is 0 Å². The third-order valence-corrected chi connectivity index (χ3v) is 6.97. The molecule has 0 saturated carbocycles. The van der Waals surface area contributed by atoms with E-state index in [0.29, 0.717) is 26.0 Å². The number of sulfonamides is 1. The van der Waals surface area contributed by atoms with Crippen LogP contribution in [0.1, 0.15) is 23.3 Å². The van der Waals surface area contributed by atoms with Crippen LogP contribution in [0.15, 0.2) is 47.5 Å². The van der Waals surface area contributed by atoms with Crippen LogP contribution in [-0.2, 0) is 21.9 Å². The zero-order valence-electron chi connectivity index (χ0n) is 16.8. The van der Waals surface area contributed by atoms with E-state index in [4.69, 9.17) is 10.5 Å². The Kier molecular flexibility index (Phi) is 6.78. The van der Waals surface area contributed by atoms with Crippen LogP contribution in [0.3, 0.4) is 0 Å². The molecular weight excluding hydrogens is 408 g/mol. The predicted octanol–water partition coefficient (Wildman–Crippen LogP) is 0.720. The van der Waals surface area contributed by atoms with Gasteiger partial charge in [-0.25, -0.2) is 8.42 Å². The molecule has 0 bridgehead atoms. The molecule has 1 fully saturated rings. The van der Waals surface area contributed by atoms with Gasteiger partial charge < -0.3 is 20.4 Å². The normalized spacial score (nSPS) is 15.6. The molecule has 2 amide bonds. The van der Waals surface area contributed by atoms with E-state index < -0.39 is 15.9 Å². The molecule has 1 aromatic carbocycles. The van der Waals surface area contributed by atoms with E-state index in [9.17, 15) is 18.0 Å². The van der Waals surface area contributed by atoms with E-state index >= 15 is 0 Å². The minimum Gasteiger partial charge on any atom is -0.492 e. The van der Waals surface area contributed by atoms with Crippen molar-refractivity contribution >= 4 is 21.8 Å². The van der Waals surface area contributed by atoms with Gasteiger partial charge in [0.15, 0.2) is 0 Å². The van der Waals surface area contributed by atoms with Crippen LogP contribution >= 0.6 is 0 Å². The van der Waals surface area contributed by atoms with Crippen molar-refractivity contribution in [3.8, 4) is 5.75 Å². The van der Waals surface area contributed by atoms with E-state index in [0.717, 1.165) is 5.75 Å². The van der Waals surface area contributed by atoms with E-state index in [2.05, 4.69) is 5.32 Å². The Hall–Kier alpha value is -2.85. The van der Waals surface area contributed by atoms with Crippen LogP contribution in [0.5, 0.6) is 5.75 Å². The van der Waals surface area contributed by atoms with Crippen molar-refractivity contribution in [2.45, 2.75) is 17.7 Å². The molecule has 1 saturated heterocycles. The van der Waals surface area contributed by atoms with Gasteiger partial charge in [0.2, 0.25) is 15.9 Å². The summed E-state index contributed by atoms with van der Waals surface area (Å²) in [5, 5.41) is 2.84. The number of nitrogens with one attached hydrogen (secondary N) is 1. The molecule has 0 aliphatic carbocycles. The predicted molar refractivity (Wildman–Crippen MR) is 110 cm³/mol. The van der Waals surface area contributed by atoms with Crippen LogP contribution in [0.2, 0.25) is 0 Å². The van der Waals surface area contributed by atoms with Gasteiger partial charge in [-0.05, 0) is 31.0 Å². The lowest BCUT2D eigenvalue weighted by molar-refractivity contribution is -0.126. The maximum atomic E-state index is 12.8. The molecule has 1 aliphatic rings. The second-order valence-electron chi connectivity index (χ2n) is 7.17. The Morgan fingerprint density at radius 2 is 1.87 bits per heavy atom. The molecule has 162 valence electrons. The zero-order chi connectivity index (χ0) is 21.7. The molecule has 3 rings (SSSR count). The summed E-state index contributed by atoms with van der Waals surface area (Å²) >= 11 is 0. The molecule has 2 heterocycles. The Balaban J connectivity index is 1.48. The molecular formula is C20H26N4O5S. The molecule has 0 radical (unpaired) electrons. The van der Waals surface area contributed by atoms with Crippen molar-refractivity contribution in [2.24, 2.45) is 18.7 Å². The Morgan fingerprint density at radius 1 is 1.20 bits per heavy atom. The van der Waals surface area contributed by atoms with Gasteiger partial charge in [-0.15, -0.1) is 0 Å². The first-order valence-electron chi connectivity index (χ1n) is 9.71. The Labute approximate surface area is 175 Å². The first-order valence-corrected chi connectivity index (χ1v) is 11.1. The zero-order valence-corrected chi connectivity index (χ0v) is 17.6. The fourth-order valence-corrected chi connectivity index (χ4v) is 4.97. The van der Waals surface area contributed by atoms with Gasteiger partial charge in [0.1, 0.15) is 22.9 Å². The summed E-state index contributed by atoms with van der Waals surface area (Å²) < 4.78 is 34.0. The fourth-order valence-electron chi connectivity index (χ4n) is 3.43. The van der Waals surface area contributed by atoms with Crippen LogP contribution in [0.4, 0.5) is 0 Å². The van der Waals surface area contributed by atoms with Gasteiger partial charge in [0.25, 0.3) is 5.91 Å². The molecule has 0 spiro atoms. The molecule has 0 unspecified atom stereocenters. The van der Waals surface area contributed by atoms with E-state index in [1.807, 2.05) is 30.3 Å². The molecule has 1 aromatic heterocycles. The van der Waals surface area contributed by atoms with Gasteiger partial charge in [0, 0.05) is 32.3 Å². The number of aromatic nitrogens is 1. The minimum absolute atomic E-state index is 0.0276. The molecule has 0 atom stereocenters. The number of benzene rings is 1. The number of nitrogens with two attached hydrogens (primary N) is 1. The molecule has 1 aliphatic heterocycles. The van der Waals surface area contributed by atoms with E-state index in [1.165, 1.54) is 21.1 Å². The monoisotopic (exact) mass is 434 g/mol. The van der Waals surface area contributed by atoms with Crippen LogP contribution in [0, 0.1) is 5.92 Å². The van der Waals surface area contributed by atoms with Crippen molar-refractivity contribution < 1.29 is 22.7 Å². The van der Waals surface area contributed by atoms with Crippen LogP contribution in [-0.4, -0.2) is 55.3 Å². The van der Waals surface area contributed by atoms with Gasteiger partial charge in [-0.3, -0.25) is 9.59 Å². The van der Waals surface area contributed by atoms with Crippen molar-refractivity contribution in [3.05, 3.63) is 48.3 Å². The largest absolute Gasteiger partial charge is 0.492 e. The number of hydrogen-bond donors (Lipinski definition) is 2. The Bertz CT molecular complexity index is 995. The SMILES string of the molecule is Cn1cc(S(=O)(=O)N2CCC(C(=O)NCCOc3ccccc3)CC2)cc1C(N)=O. The molecule has 2 aromatic rings. The number of amides is 2. The average molecular weight is 435 g/mol. The van der Waals surface area contributed by atoms with E-state index in [1.54, 1.807) is 7.05 Å².